The fourth-order valence-corrected chi connectivity index (χ4v) is 9.73. The summed E-state index contributed by atoms with van der Waals surface area (Å²) >= 11 is 0. The zero-order valence-electron chi connectivity index (χ0n) is 35.3. The van der Waals surface area contributed by atoms with Crippen LogP contribution in [0.2, 0.25) is 0 Å². The van der Waals surface area contributed by atoms with Crippen LogP contribution in [-0.4, -0.2) is 4.57 Å². The van der Waals surface area contributed by atoms with Gasteiger partial charge in [-0.2, -0.15) is 0 Å². The number of nitrogens with one attached hydrogen (secondary N) is 1. The smallest absolute Gasteiger partial charge is 0.143 e. The highest BCUT2D eigenvalue weighted by atomic mass is 16.3. The first-order chi connectivity index (χ1) is 31.6. The standard InChI is InChI=1S/C61H42N2O/c1-40-17-5-6-22-48(40)43-33-34-49(41-18-3-2-4-19-41)56(39-43)45-35-44(51-27-16-28-55-54-26-10-14-32-60(54)64-61(51)55)37-47(38-45)62-46-21-15-20-42(36-46)50-23-7-11-29-57(50)63-58-30-12-8-24-52(58)53-25-9-13-31-59(53)63/h2-39,62H,1H3. The Morgan fingerprint density at radius 3 is 1.72 bits per heavy atom. The van der Waals surface area contributed by atoms with Gasteiger partial charge in [0.05, 0.1) is 16.7 Å². The number of aryl methyl sites for hydroxylation is 1. The maximum atomic E-state index is 6.66. The molecule has 0 unspecified atom stereocenters. The number of benzene rings is 10. The second-order valence-electron chi connectivity index (χ2n) is 16.6. The molecule has 0 aliphatic heterocycles. The van der Waals surface area contributed by atoms with Gasteiger partial charge < -0.3 is 14.3 Å². The molecule has 0 atom stereocenters. The lowest BCUT2D eigenvalue weighted by molar-refractivity contribution is 0.670. The Labute approximate surface area is 372 Å². The van der Waals surface area contributed by atoms with E-state index in [9.17, 15) is 0 Å². The van der Waals surface area contributed by atoms with Crippen LogP contribution in [0.15, 0.2) is 235 Å². The lowest BCUT2D eigenvalue weighted by Gasteiger charge is -2.18. The SMILES string of the molecule is Cc1ccccc1-c1ccc(-c2ccccc2)c(-c2cc(Nc3cccc(-c4ccccc4-n4c5ccccc5c5ccccc54)c3)cc(-c3cccc4c3oc3ccccc34)c2)c1. The average Bonchev–Trinajstić information content (AvgIpc) is 3.90. The molecule has 302 valence electrons. The van der Waals surface area contributed by atoms with Crippen LogP contribution in [0.1, 0.15) is 5.56 Å². The molecule has 0 spiro atoms. The van der Waals surface area contributed by atoms with E-state index in [-0.39, 0.29) is 0 Å². The molecule has 1 N–H and O–H groups in total. The molecule has 0 radical (unpaired) electrons. The average molecular weight is 819 g/mol. The molecule has 0 aliphatic rings. The van der Waals surface area contributed by atoms with Crippen molar-refractivity contribution in [1.82, 2.24) is 4.57 Å². The van der Waals surface area contributed by atoms with Gasteiger partial charge in [-0.25, -0.2) is 0 Å². The number of furan rings is 1. The van der Waals surface area contributed by atoms with E-state index in [1.165, 1.54) is 49.6 Å². The van der Waals surface area contributed by atoms with Crippen LogP contribution in [0.4, 0.5) is 11.4 Å². The van der Waals surface area contributed by atoms with E-state index in [1.807, 2.05) is 6.07 Å². The molecule has 0 bridgehead atoms. The predicted molar refractivity (Wildman–Crippen MR) is 270 cm³/mol. The summed E-state index contributed by atoms with van der Waals surface area (Å²) in [5.74, 6) is 0. The van der Waals surface area contributed by atoms with Crippen molar-refractivity contribution in [1.29, 1.82) is 0 Å². The Hall–Kier alpha value is -8.40. The zero-order valence-corrected chi connectivity index (χ0v) is 35.3. The maximum Gasteiger partial charge on any atom is 0.143 e. The van der Waals surface area contributed by atoms with Gasteiger partial charge in [0.1, 0.15) is 11.2 Å². The zero-order chi connectivity index (χ0) is 42.6. The minimum atomic E-state index is 0.882. The van der Waals surface area contributed by atoms with E-state index in [4.69, 9.17) is 4.42 Å². The van der Waals surface area contributed by atoms with Gasteiger partial charge in [-0.1, -0.05) is 170 Å². The van der Waals surface area contributed by atoms with Gasteiger partial charge in [-0.15, -0.1) is 0 Å². The lowest BCUT2D eigenvalue weighted by Crippen LogP contribution is -1.98. The third-order valence-electron chi connectivity index (χ3n) is 12.7. The molecular weight excluding hydrogens is 777 g/mol. The molecule has 10 aromatic carbocycles. The molecule has 12 rings (SSSR count). The van der Waals surface area contributed by atoms with E-state index in [0.29, 0.717) is 0 Å². The second kappa shape index (κ2) is 15.5. The third kappa shape index (κ3) is 6.45. The van der Waals surface area contributed by atoms with Crippen LogP contribution in [0, 0.1) is 6.92 Å². The Kier molecular flexibility index (Phi) is 9.05. The summed E-state index contributed by atoms with van der Waals surface area (Å²) in [4.78, 5) is 0. The normalized spacial score (nSPS) is 11.5. The lowest BCUT2D eigenvalue weighted by atomic mass is 9.88. The van der Waals surface area contributed by atoms with E-state index >= 15 is 0 Å². The number of aromatic nitrogens is 1. The third-order valence-corrected chi connectivity index (χ3v) is 12.7. The molecule has 64 heavy (non-hydrogen) atoms. The molecule has 0 amide bonds. The quantitative estimate of drug-likeness (QED) is 0.166. The fraction of sp³-hybridized carbons (Fsp3) is 0.0164. The van der Waals surface area contributed by atoms with Gasteiger partial charge in [-0.05, 0) is 118 Å². The largest absolute Gasteiger partial charge is 0.455 e. The molecule has 3 nitrogen and oxygen atoms in total. The molecule has 2 heterocycles. The first-order valence-corrected chi connectivity index (χ1v) is 21.9. The second-order valence-corrected chi connectivity index (χ2v) is 16.6. The van der Waals surface area contributed by atoms with Crippen LogP contribution >= 0.6 is 0 Å². The van der Waals surface area contributed by atoms with Crippen molar-refractivity contribution in [3.05, 3.63) is 236 Å². The summed E-state index contributed by atoms with van der Waals surface area (Å²) in [5.41, 5.74) is 19.9. The van der Waals surface area contributed by atoms with Gasteiger partial charge >= 0.3 is 0 Å². The summed E-state index contributed by atoms with van der Waals surface area (Å²) in [7, 11) is 0. The van der Waals surface area contributed by atoms with Crippen molar-refractivity contribution in [2.24, 2.45) is 0 Å². The molecule has 2 aromatic heterocycles. The minimum Gasteiger partial charge on any atom is -0.455 e. The summed E-state index contributed by atoms with van der Waals surface area (Å²) < 4.78 is 9.07. The monoisotopic (exact) mass is 818 g/mol. The molecule has 0 fully saturated rings. The van der Waals surface area contributed by atoms with Crippen molar-refractivity contribution < 1.29 is 4.42 Å². The molecule has 0 aliphatic carbocycles. The van der Waals surface area contributed by atoms with E-state index < -0.39 is 0 Å². The summed E-state index contributed by atoms with van der Waals surface area (Å²) in [6.45, 7) is 2.19. The van der Waals surface area contributed by atoms with Crippen LogP contribution in [-0.2, 0) is 0 Å². The van der Waals surface area contributed by atoms with Crippen molar-refractivity contribution in [3.8, 4) is 61.3 Å². The molecular formula is C61H42N2O. The van der Waals surface area contributed by atoms with Crippen LogP contribution in [0.25, 0.3) is 105 Å². The summed E-state index contributed by atoms with van der Waals surface area (Å²) in [6.07, 6.45) is 0. The Morgan fingerprint density at radius 1 is 0.344 bits per heavy atom. The van der Waals surface area contributed by atoms with E-state index in [2.05, 4.69) is 241 Å². The topological polar surface area (TPSA) is 30.1 Å². The van der Waals surface area contributed by atoms with Gasteiger partial charge in [0.15, 0.2) is 0 Å². The first-order valence-electron chi connectivity index (χ1n) is 21.9. The number of fused-ring (bicyclic) bond motifs is 6. The van der Waals surface area contributed by atoms with Gasteiger partial charge in [0, 0.05) is 44.0 Å². The van der Waals surface area contributed by atoms with Crippen molar-refractivity contribution in [2.45, 2.75) is 6.92 Å². The number of hydrogen-bond donors (Lipinski definition) is 1. The van der Waals surface area contributed by atoms with Crippen LogP contribution < -0.4 is 5.32 Å². The molecule has 0 saturated carbocycles. The molecule has 0 saturated heterocycles. The number of rotatable bonds is 8. The summed E-state index contributed by atoms with van der Waals surface area (Å²) in [6, 6.07) is 82.9. The van der Waals surface area contributed by atoms with E-state index in [0.717, 1.165) is 72.4 Å². The Morgan fingerprint density at radius 2 is 0.922 bits per heavy atom. The highest BCUT2D eigenvalue weighted by Gasteiger charge is 2.19. The van der Waals surface area contributed by atoms with Crippen molar-refractivity contribution in [3.63, 3.8) is 0 Å². The molecule has 12 aromatic rings. The molecule has 3 heteroatoms. The minimum absolute atomic E-state index is 0.882. The number of anilines is 2. The Balaban J connectivity index is 1.03. The van der Waals surface area contributed by atoms with Crippen LogP contribution in [0.3, 0.4) is 0 Å². The van der Waals surface area contributed by atoms with Crippen molar-refractivity contribution in [2.75, 3.05) is 5.32 Å². The van der Waals surface area contributed by atoms with E-state index in [1.54, 1.807) is 0 Å². The highest BCUT2D eigenvalue weighted by molar-refractivity contribution is 6.11. The van der Waals surface area contributed by atoms with Gasteiger partial charge in [0.2, 0.25) is 0 Å². The van der Waals surface area contributed by atoms with Gasteiger partial charge in [-0.3, -0.25) is 0 Å². The van der Waals surface area contributed by atoms with Crippen molar-refractivity contribution >= 4 is 55.1 Å². The van der Waals surface area contributed by atoms with Crippen LogP contribution in [0.5, 0.6) is 0 Å². The predicted octanol–water partition coefficient (Wildman–Crippen LogP) is 17.1. The first kappa shape index (κ1) is 37.4. The number of nitrogens with zero attached hydrogens (tertiary/aromatic N) is 1. The summed E-state index contributed by atoms with van der Waals surface area (Å²) in [5, 5.41) is 8.62. The fourth-order valence-electron chi connectivity index (χ4n) is 9.73. The number of para-hydroxylation sites is 5. The maximum absolute atomic E-state index is 6.66. The highest BCUT2D eigenvalue weighted by Crippen LogP contribution is 2.43. The number of hydrogen-bond acceptors (Lipinski definition) is 2. The Bertz CT molecular complexity index is 3670. The van der Waals surface area contributed by atoms with Gasteiger partial charge in [0.25, 0.3) is 0 Å².